The minimum atomic E-state index is -0.496. The number of rotatable bonds is 2. The molecule has 0 radical (unpaired) electrons. The Bertz CT molecular complexity index is 418. The van der Waals surface area contributed by atoms with Crippen molar-refractivity contribution >= 4 is 12.1 Å². The molecule has 2 rings (SSSR count). The number of hydrogen-bond donors (Lipinski definition) is 2. The van der Waals surface area contributed by atoms with Gasteiger partial charge >= 0.3 is 12.1 Å². The second kappa shape index (κ2) is 5.10. The summed E-state index contributed by atoms with van der Waals surface area (Å²) in [5.41, 5.74) is 0. The molecule has 4 atom stereocenters. The van der Waals surface area contributed by atoms with Crippen molar-refractivity contribution in [2.45, 2.75) is 32.1 Å². The predicted molar refractivity (Wildman–Crippen MR) is 70.4 cm³/mol. The molecule has 0 aromatic heterocycles. The SMILES string of the molecule is C[C@@H]1[C@H]2[C@H](C)N(CO)C(=O)N(C)[C@H]2N(CO)C(=O)N1C. The Balaban J connectivity index is 2.45. The average Bonchev–Trinajstić information content (AvgIpc) is 2.42. The fourth-order valence-corrected chi connectivity index (χ4v) is 3.36. The smallest absolute Gasteiger partial charge is 0.323 e. The molecule has 0 saturated carbocycles. The van der Waals surface area contributed by atoms with Crippen LogP contribution in [-0.4, -0.2) is 87.7 Å². The number of hydrogen-bond acceptors (Lipinski definition) is 4. The summed E-state index contributed by atoms with van der Waals surface area (Å²) >= 11 is 0. The van der Waals surface area contributed by atoms with Crippen molar-refractivity contribution in [3.63, 3.8) is 0 Å². The van der Waals surface area contributed by atoms with E-state index in [9.17, 15) is 19.8 Å². The van der Waals surface area contributed by atoms with Gasteiger partial charge in [0.05, 0.1) is 0 Å². The minimum Gasteiger partial charge on any atom is -0.376 e. The summed E-state index contributed by atoms with van der Waals surface area (Å²) < 4.78 is 0. The summed E-state index contributed by atoms with van der Waals surface area (Å²) in [5.74, 6) is -0.0836. The van der Waals surface area contributed by atoms with Crippen LogP contribution in [-0.2, 0) is 0 Å². The summed E-state index contributed by atoms with van der Waals surface area (Å²) in [7, 11) is 3.26. The van der Waals surface area contributed by atoms with E-state index in [1.807, 2.05) is 13.8 Å². The van der Waals surface area contributed by atoms with Gasteiger partial charge in [0, 0.05) is 32.1 Å². The van der Waals surface area contributed by atoms with Gasteiger partial charge in [-0.25, -0.2) is 9.59 Å². The van der Waals surface area contributed by atoms with Crippen LogP contribution in [0.4, 0.5) is 9.59 Å². The van der Waals surface area contributed by atoms with E-state index in [-0.39, 0.29) is 36.8 Å². The van der Waals surface area contributed by atoms with Crippen LogP contribution in [0.1, 0.15) is 13.8 Å². The molecule has 0 bridgehead atoms. The zero-order chi connectivity index (χ0) is 15.2. The van der Waals surface area contributed by atoms with E-state index < -0.39 is 12.9 Å². The molecule has 0 aliphatic carbocycles. The fraction of sp³-hybridized carbons (Fsp3) is 0.833. The Labute approximate surface area is 118 Å². The van der Waals surface area contributed by atoms with Gasteiger partial charge in [-0.15, -0.1) is 0 Å². The molecular formula is C12H22N4O4. The Morgan fingerprint density at radius 2 is 1.40 bits per heavy atom. The lowest BCUT2D eigenvalue weighted by Gasteiger charge is -2.57. The van der Waals surface area contributed by atoms with Crippen LogP contribution in [0, 0.1) is 5.92 Å². The van der Waals surface area contributed by atoms with Crippen molar-refractivity contribution in [3.05, 3.63) is 0 Å². The summed E-state index contributed by atoms with van der Waals surface area (Å²) in [6.07, 6.45) is -0.496. The van der Waals surface area contributed by atoms with Crippen LogP contribution in [0.15, 0.2) is 0 Å². The maximum Gasteiger partial charge on any atom is 0.323 e. The van der Waals surface area contributed by atoms with Gasteiger partial charge in [-0.3, -0.25) is 9.80 Å². The second-order valence-electron chi connectivity index (χ2n) is 5.48. The van der Waals surface area contributed by atoms with Gasteiger partial charge in [-0.2, -0.15) is 0 Å². The largest absolute Gasteiger partial charge is 0.376 e. The number of fused-ring (bicyclic) bond motifs is 1. The molecule has 2 heterocycles. The number of carbonyl (C=O) groups excluding carboxylic acids is 2. The second-order valence-corrected chi connectivity index (χ2v) is 5.48. The monoisotopic (exact) mass is 286 g/mol. The molecule has 8 nitrogen and oxygen atoms in total. The van der Waals surface area contributed by atoms with Crippen molar-refractivity contribution in [3.8, 4) is 0 Å². The molecule has 0 aromatic rings. The highest BCUT2D eigenvalue weighted by Crippen LogP contribution is 2.36. The van der Waals surface area contributed by atoms with Gasteiger partial charge in [-0.05, 0) is 13.8 Å². The van der Waals surface area contributed by atoms with E-state index in [0.717, 1.165) is 0 Å². The molecule has 114 valence electrons. The van der Waals surface area contributed by atoms with Crippen LogP contribution in [0.25, 0.3) is 0 Å². The van der Waals surface area contributed by atoms with Crippen molar-refractivity contribution in [1.29, 1.82) is 0 Å². The molecule has 20 heavy (non-hydrogen) atoms. The maximum absolute atomic E-state index is 12.2. The quantitative estimate of drug-likeness (QED) is 0.705. The van der Waals surface area contributed by atoms with Crippen molar-refractivity contribution in [1.82, 2.24) is 19.6 Å². The zero-order valence-corrected chi connectivity index (χ0v) is 12.2. The van der Waals surface area contributed by atoms with Crippen LogP contribution in [0.3, 0.4) is 0 Å². The number of urea groups is 2. The number of aliphatic hydroxyl groups excluding tert-OH is 2. The van der Waals surface area contributed by atoms with E-state index in [1.165, 1.54) is 14.7 Å². The van der Waals surface area contributed by atoms with Crippen molar-refractivity contribution in [2.75, 3.05) is 27.6 Å². The van der Waals surface area contributed by atoms with E-state index in [0.29, 0.717) is 0 Å². The van der Waals surface area contributed by atoms with E-state index in [4.69, 9.17) is 0 Å². The topological polar surface area (TPSA) is 87.6 Å². The highest BCUT2D eigenvalue weighted by atomic mass is 16.3. The third kappa shape index (κ3) is 1.82. The van der Waals surface area contributed by atoms with Gasteiger partial charge in [0.2, 0.25) is 0 Å². The van der Waals surface area contributed by atoms with Crippen LogP contribution in [0.2, 0.25) is 0 Å². The molecule has 2 N–H and O–H groups in total. The first-order valence-corrected chi connectivity index (χ1v) is 6.65. The lowest BCUT2D eigenvalue weighted by Crippen LogP contribution is -2.75. The van der Waals surface area contributed by atoms with E-state index in [2.05, 4.69) is 0 Å². The number of carbonyl (C=O) groups is 2. The average molecular weight is 286 g/mol. The predicted octanol–water partition coefficient (Wildman–Crippen LogP) is -0.660. The Morgan fingerprint density at radius 3 is 1.90 bits per heavy atom. The van der Waals surface area contributed by atoms with Gasteiger partial charge in [0.25, 0.3) is 0 Å². The number of aliphatic hydroxyl groups is 2. The van der Waals surface area contributed by atoms with Crippen LogP contribution < -0.4 is 0 Å². The first-order chi connectivity index (χ1) is 9.36. The Morgan fingerprint density at radius 1 is 0.900 bits per heavy atom. The highest BCUT2D eigenvalue weighted by molar-refractivity contribution is 5.80. The lowest BCUT2D eigenvalue weighted by atomic mass is 9.84. The first kappa shape index (κ1) is 14.9. The molecular weight excluding hydrogens is 264 g/mol. The van der Waals surface area contributed by atoms with Gasteiger partial charge in [0.15, 0.2) is 0 Å². The van der Waals surface area contributed by atoms with E-state index >= 15 is 0 Å². The third-order valence-electron chi connectivity index (χ3n) is 4.68. The van der Waals surface area contributed by atoms with Gasteiger partial charge in [0.1, 0.15) is 19.6 Å². The van der Waals surface area contributed by atoms with Gasteiger partial charge in [-0.1, -0.05) is 0 Å². The molecule has 2 aliphatic rings. The molecule has 0 unspecified atom stereocenters. The molecule has 2 aliphatic heterocycles. The minimum absolute atomic E-state index is 0.0836. The summed E-state index contributed by atoms with van der Waals surface area (Å²) in [4.78, 5) is 30.1. The number of amides is 4. The van der Waals surface area contributed by atoms with Crippen molar-refractivity contribution < 1.29 is 19.8 Å². The zero-order valence-electron chi connectivity index (χ0n) is 12.2. The Hall–Kier alpha value is -1.54. The number of nitrogens with zero attached hydrogens (tertiary/aromatic N) is 4. The molecule has 8 heteroatoms. The fourth-order valence-electron chi connectivity index (χ4n) is 3.36. The molecule has 0 aromatic carbocycles. The van der Waals surface area contributed by atoms with Crippen LogP contribution in [0.5, 0.6) is 0 Å². The van der Waals surface area contributed by atoms with Crippen LogP contribution >= 0.6 is 0 Å². The first-order valence-electron chi connectivity index (χ1n) is 6.65. The molecule has 0 spiro atoms. The standard InChI is InChI=1S/C12H22N4O4/c1-7-9-8(2)15(5-17)12(20)14(4)10(9)16(6-18)11(19)13(7)3/h7-10,17-18H,5-6H2,1-4H3/t7-,8+,9+,10+/m1/s1. The summed E-state index contributed by atoms with van der Waals surface area (Å²) in [5, 5.41) is 18.9. The highest BCUT2D eigenvalue weighted by Gasteiger charge is 2.53. The summed E-state index contributed by atoms with van der Waals surface area (Å²) in [6.45, 7) is 2.96. The normalized spacial score (nSPS) is 34.7. The lowest BCUT2D eigenvalue weighted by molar-refractivity contribution is -0.104. The maximum atomic E-state index is 12.2. The van der Waals surface area contributed by atoms with Crippen molar-refractivity contribution in [2.24, 2.45) is 5.92 Å². The third-order valence-corrected chi connectivity index (χ3v) is 4.68. The van der Waals surface area contributed by atoms with Gasteiger partial charge < -0.3 is 20.0 Å². The molecule has 4 amide bonds. The van der Waals surface area contributed by atoms with E-state index in [1.54, 1.807) is 19.0 Å². The molecule has 2 fully saturated rings. The molecule has 2 saturated heterocycles. The summed E-state index contributed by atoms with van der Waals surface area (Å²) in [6, 6.07) is -0.974. The Kier molecular flexibility index (Phi) is 3.79.